The minimum atomic E-state index is 0.0170. The molecule has 8 heteroatoms. The largest absolute Gasteiger partial charge is 0.378 e. The molecule has 136 valence electrons. The van der Waals surface area contributed by atoms with Gasteiger partial charge in [0.2, 0.25) is 0 Å². The van der Waals surface area contributed by atoms with E-state index in [0.717, 1.165) is 32.6 Å². The van der Waals surface area contributed by atoms with E-state index in [-0.39, 0.29) is 5.91 Å². The number of rotatable bonds is 2. The van der Waals surface area contributed by atoms with E-state index in [1.165, 1.54) is 11.3 Å². The highest BCUT2D eigenvalue weighted by Gasteiger charge is 2.28. The number of ether oxygens (including phenoxy) is 1. The zero-order valence-electron chi connectivity index (χ0n) is 14.9. The maximum absolute atomic E-state index is 13.2. The molecule has 1 saturated heterocycles. The van der Waals surface area contributed by atoms with Crippen molar-refractivity contribution in [3.05, 3.63) is 33.6 Å². The van der Waals surface area contributed by atoms with E-state index < -0.39 is 0 Å². The van der Waals surface area contributed by atoms with E-state index >= 15 is 0 Å². The van der Waals surface area contributed by atoms with E-state index in [1.807, 2.05) is 32.0 Å². The molecule has 4 rings (SSSR count). The van der Waals surface area contributed by atoms with Gasteiger partial charge in [0.15, 0.2) is 0 Å². The summed E-state index contributed by atoms with van der Waals surface area (Å²) in [6.07, 6.45) is 3.70. The van der Waals surface area contributed by atoms with Crippen molar-refractivity contribution in [1.29, 1.82) is 0 Å². The molecule has 0 atom stereocenters. The zero-order valence-corrected chi connectivity index (χ0v) is 16.4. The molecule has 0 aliphatic carbocycles. The number of aromatic nitrogens is 3. The fourth-order valence-electron chi connectivity index (χ4n) is 3.31. The zero-order chi connectivity index (χ0) is 18.4. The second-order valence-corrected chi connectivity index (χ2v) is 7.81. The summed E-state index contributed by atoms with van der Waals surface area (Å²) in [7, 11) is 1.86. The van der Waals surface area contributed by atoms with Gasteiger partial charge in [-0.15, -0.1) is 11.3 Å². The van der Waals surface area contributed by atoms with Crippen molar-refractivity contribution >= 4 is 39.1 Å². The molecular formula is C18H19ClN4O2S. The molecule has 1 aliphatic rings. The van der Waals surface area contributed by atoms with Gasteiger partial charge < -0.3 is 9.64 Å². The number of amides is 1. The Bertz CT molecular complexity index is 1000. The molecule has 26 heavy (non-hydrogen) atoms. The first-order valence-electron chi connectivity index (χ1n) is 8.42. The maximum Gasteiger partial charge on any atom is 0.264 e. The van der Waals surface area contributed by atoms with Crippen LogP contribution in [-0.2, 0) is 11.8 Å². The van der Waals surface area contributed by atoms with Crippen LogP contribution in [0, 0.1) is 13.8 Å². The van der Waals surface area contributed by atoms with Crippen LogP contribution in [0.4, 0.5) is 0 Å². The molecule has 4 heterocycles. The fraction of sp³-hybridized carbons (Fsp3) is 0.389. The number of nitrogens with zero attached hydrogens (tertiary/aromatic N) is 4. The first kappa shape index (κ1) is 17.5. The molecule has 6 nitrogen and oxygen atoms in total. The van der Waals surface area contributed by atoms with Crippen LogP contribution in [0.5, 0.6) is 0 Å². The summed E-state index contributed by atoms with van der Waals surface area (Å²) in [5.41, 5.74) is 3.51. The van der Waals surface area contributed by atoms with Crippen molar-refractivity contribution in [1.82, 2.24) is 19.7 Å². The van der Waals surface area contributed by atoms with Gasteiger partial charge in [-0.1, -0.05) is 11.6 Å². The van der Waals surface area contributed by atoms with Gasteiger partial charge in [0.1, 0.15) is 9.71 Å². The molecule has 0 saturated carbocycles. The van der Waals surface area contributed by atoms with Crippen LogP contribution in [-0.4, -0.2) is 51.9 Å². The lowest BCUT2D eigenvalue weighted by Crippen LogP contribution is -2.40. The molecular weight excluding hydrogens is 372 g/mol. The monoisotopic (exact) mass is 390 g/mol. The number of pyridine rings is 1. The summed E-state index contributed by atoms with van der Waals surface area (Å²) >= 11 is 7.90. The Kier molecular flexibility index (Phi) is 4.46. The van der Waals surface area contributed by atoms with Crippen LogP contribution >= 0.6 is 22.9 Å². The molecule has 0 radical (unpaired) electrons. The van der Waals surface area contributed by atoms with Gasteiger partial charge in [0.05, 0.1) is 30.1 Å². The van der Waals surface area contributed by atoms with Crippen LogP contribution in [0.25, 0.3) is 21.3 Å². The molecule has 0 spiro atoms. The maximum atomic E-state index is 13.2. The Morgan fingerprint density at radius 3 is 2.69 bits per heavy atom. The van der Waals surface area contributed by atoms with Gasteiger partial charge >= 0.3 is 0 Å². The summed E-state index contributed by atoms with van der Waals surface area (Å²) in [6.45, 7) is 6.22. The van der Waals surface area contributed by atoms with Gasteiger partial charge in [0, 0.05) is 42.8 Å². The fourth-order valence-corrected chi connectivity index (χ4v) is 4.72. The van der Waals surface area contributed by atoms with Gasteiger partial charge in [-0.3, -0.25) is 9.48 Å². The molecule has 0 bridgehead atoms. The lowest BCUT2D eigenvalue weighted by atomic mass is 10.0. The summed E-state index contributed by atoms with van der Waals surface area (Å²) in [5.74, 6) is 0.0170. The van der Waals surface area contributed by atoms with Crippen molar-refractivity contribution in [2.75, 3.05) is 26.3 Å². The first-order valence-corrected chi connectivity index (χ1v) is 9.62. The molecule has 1 fully saturated rings. The highest BCUT2D eigenvalue weighted by molar-refractivity contribution is 7.21. The van der Waals surface area contributed by atoms with Gasteiger partial charge in [0.25, 0.3) is 5.91 Å². The predicted molar refractivity (Wildman–Crippen MR) is 103 cm³/mol. The number of halogens is 1. The molecule has 3 aromatic heterocycles. The number of hydrogen-bond donors (Lipinski definition) is 0. The van der Waals surface area contributed by atoms with E-state index in [2.05, 4.69) is 10.1 Å². The van der Waals surface area contributed by atoms with E-state index in [0.29, 0.717) is 36.2 Å². The van der Waals surface area contributed by atoms with Crippen LogP contribution in [0.2, 0.25) is 5.02 Å². The number of thiophene rings is 1. The van der Waals surface area contributed by atoms with E-state index in [9.17, 15) is 4.79 Å². The molecule has 0 unspecified atom stereocenters. The predicted octanol–water partition coefficient (Wildman–Crippen LogP) is 3.44. The van der Waals surface area contributed by atoms with Crippen LogP contribution in [0.1, 0.15) is 20.9 Å². The molecule has 3 aromatic rings. The van der Waals surface area contributed by atoms with Crippen molar-refractivity contribution in [2.24, 2.45) is 7.05 Å². The minimum absolute atomic E-state index is 0.0170. The van der Waals surface area contributed by atoms with Crippen LogP contribution < -0.4 is 0 Å². The molecule has 0 N–H and O–H groups in total. The summed E-state index contributed by atoms with van der Waals surface area (Å²) in [6, 6.07) is 0. The third-order valence-corrected chi connectivity index (χ3v) is 6.30. The summed E-state index contributed by atoms with van der Waals surface area (Å²) < 4.78 is 7.12. The Balaban J connectivity index is 1.97. The topological polar surface area (TPSA) is 60.3 Å². The average Bonchev–Trinajstić information content (AvgIpc) is 3.23. The van der Waals surface area contributed by atoms with Crippen LogP contribution in [0.3, 0.4) is 0 Å². The van der Waals surface area contributed by atoms with Crippen molar-refractivity contribution < 1.29 is 9.53 Å². The normalized spacial score (nSPS) is 15.0. The quantitative estimate of drug-likeness (QED) is 0.672. The Morgan fingerprint density at radius 2 is 2.04 bits per heavy atom. The standard InChI is InChI=1S/C18H19ClN4O2S/c1-10-13-14(12-8-20-22(3)9-12)16(18(24)23-4-6-25-7-5-23)26-17(13)21-11(2)15(10)19/h8-9H,4-7H2,1-3H3. The molecule has 0 aromatic carbocycles. The second-order valence-electron chi connectivity index (χ2n) is 6.43. The van der Waals surface area contributed by atoms with Gasteiger partial charge in [-0.2, -0.15) is 5.10 Å². The Hall–Kier alpha value is -1.96. The summed E-state index contributed by atoms with van der Waals surface area (Å²) in [5, 5.41) is 5.87. The first-order chi connectivity index (χ1) is 12.5. The van der Waals surface area contributed by atoms with Crippen molar-refractivity contribution in [3.8, 4) is 11.1 Å². The van der Waals surface area contributed by atoms with Crippen LogP contribution in [0.15, 0.2) is 12.4 Å². The van der Waals surface area contributed by atoms with E-state index in [1.54, 1.807) is 10.9 Å². The Labute approximate surface area is 160 Å². The van der Waals surface area contributed by atoms with E-state index in [4.69, 9.17) is 16.3 Å². The highest BCUT2D eigenvalue weighted by atomic mass is 35.5. The minimum Gasteiger partial charge on any atom is -0.378 e. The van der Waals surface area contributed by atoms with Crippen molar-refractivity contribution in [3.63, 3.8) is 0 Å². The number of carbonyl (C=O) groups is 1. The average molecular weight is 391 g/mol. The number of hydrogen-bond acceptors (Lipinski definition) is 5. The summed E-state index contributed by atoms with van der Waals surface area (Å²) in [4.78, 5) is 21.3. The Morgan fingerprint density at radius 1 is 1.31 bits per heavy atom. The number of aryl methyl sites for hydroxylation is 3. The van der Waals surface area contributed by atoms with Gasteiger partial charge in [-0.05, 0) is 19.4 Å². The second kappa shape index (κ2) is 6.64. The third kappa shape index (κ3) is 2.80. The number of carbonyl (C=O) groups excluding carboxylic acids is 1. The molecule has 1 aliphatic heterocycles. The number of morpholine rings is 1. The van der Waals surface area contributed by atoms with Gasteiger partial charge in [-0.25, -0.2) is 4.98 Å². The SMILES string of the molecule is Cc1nc2sc(C(=O)N3CCOCC3)c(-c3cnn(C)c3)c2c(C)c1Cl. The third-order valence-electron chi connectivity index (χ3n) is 4.67. The van der Waals surface area contributed by atoms with Crippen molar-refractivity contribution in [2.45, 2.75) is 13.8 Å². The molecule has 1 amide bonds. The smallest absolute Gasteiger partial charge is 0.264 e. The number of fused-ring (bicyclic) bond motifs is 1. The lowest BCUT2D eigenvalue weighted by molar-refractivity contribution is 0.0306. The highest BCUT2D eigenvalue weighted by Crippen LogP contribution is 2.42. The lowest BCUT2D eigenvalue weighted by Gasteiger charge is -2.26.